The fourth-order valence-electron chi connectivity index (χ4n) is 6.03. The lowest BCUT2D eigenvalue weighted by Crippen LogP contribution is -2.45. The van der Waals surface area contributed by atoms with Crippen LogP contribution >= 0.6 is 11.6 Å². The highest BCUT2D eigenvalue weighted by molar-refractivity contribution is 6.31. The van der Waals surface area contributed by atoms with Crippen molar-refractivity contribution in [2.75, 3.05) is 5.32 Å². The van der Waals surface area contributed by atoms with Crippen molar-refractivity contribution >= 4 is 23.3 Å². The molecule has 0 unspecified atom stereocenters. The van der Waals surface area contributed by atoms with Gasteiger partial charge in [-0.25, -0.2) is 4.79 Å². The molecule has 2 saturated carbocycles. The third-order valence-corrected chi connectivity index (χ3v) is 7.20. The summed E-state index contributed by atoms with van der Waals surface area (Å²) < 4.78 is 0. The van der Waals surface area contributed by atoms with Crippen LogP contribution in [0.25, 0.3) is 0 Å². The van der Waals surface area contributed by atoms with E-state index in [1.165, 1.54) is 24.8 Å². The zero-order valence-corrected chi connectivity index (χ0v) is 15.1. The van der Waals surface area contributed by atoms with E-state index in [0.29, 0.717) is 40.3 Å². The van der Waals surface area contributed by atoms with Gasteiger partial charge in [0.05, 0.1) is 11.3 Å². The molecule has 1 heterocycles. The minimum atomic E-state index is -0.883. The van der Waals surface area contributed by atoms with Crippen LogP contribution < -0.4 is 5.32 Å². The van der Waals surface area contributed by atoms with Crippen molar-refractivity contribution in [2.45, 2.75) is 57.9 Å². The van der Waals surface area contributed by atoms with E-state index in [9.17, 15) is 9.90 Å². The molecular formula is C20H26ClNO2. The summed E-state index contributed by atoms with van der Waals surface area (Å²) >= 11 is 6.28. The number of fused-ring (bicyclic) bond motifs is 7. The van der Waals surface area contributed by atoms with Gasteiger partial charge < -0.3 is 10.4 Å². The number of anilines is 1. The Morgan fingerprint density at radius 3 is 2.67 bits per heavy atom. The first kappa shape index (κ1) is 16.3. The average Bonchev–Trinajstić information content (AvgIpc) is 3.17. The Morgan fingerprint density at radius 1 is 1.29 bits per heavy atom. The SMILES string of the molecule is CCC(CC)[C@@H]1Nc2c(C(=O)O)cc(Cl)cc2[C@H]2[C@H]3CC[C@@H](C3)[C@H]21. The van der Waals surface area contributed by atoms with Crippen LogP contribution in [0.2, 0.25) is 5.02 Å². The second-order valence-electron chi connectivity index (χ2n) is 7.91. The predicted octanol–water partition coefficient (Wildman–Crippen LogP) is 5.40. The van der Waals surface area contributed by atoms with Gasteiger partial charge in [-0.3, -0.25) is 0 Å². The van der Waals surface area contributed by atoms with Gasteiger partial charge in [-0.2, -0.15) is 0 Å². The van der Waals surface area contributed by atoms with E-state index in [4.69, 9.17) is 11.6 Å². The maximum Gasteiger partial charge on any atom is 0.337 e. The van der Waals surface area contributed by atoms with Crippen molar-refractivity contribution < 1.29 is 9.90 Å². The van der Waals surface area contributed by atoms with Gasteiger partial charge >= 0.3 is 5.97 Å². The molecule has 2 fully saturated rings. The van der Waals surface area contributed by atoms with Crippen LogP contribution in [0.3, 0.4) is 0 Å². The maximum absolute atomic E-state index is 11.8. The molecule has 3 aliphatic rings. The van der Waals surface area contributed by atoms with Gasteiger partial charge in [0.2, 0.25) is 0 Å². The van der Waals surface area contributed by atoms with Crippen LogP contribution in [-0.4, -0.2) is 17.1 Å². The van der Waals surface area contributed by atoms with Crippen LogP contribution in [0, 0.1) is 23.7 Å². The lowest BCUT2D eigenvalue weighted by Gasteiger charge is -2.46. The van der Waals surface area contributed by atoms with Crippen LogP contribution in [0.5, 0.6) is 0 Å². The van der Waals surface area contributed by atoms with Crippen LogP contribution in [0.15, 0.2) is 12.1 Å². The molecule has 2 aliphatic carbocycles. The van der Waals surface area contributed by atoms with Gasteiger partial charge in [0.15, 0.2) is 0 Å². The Balaban J connectivity index is 1.86. The number of carboxylic acid groups (broad SMARTS) is 1. The van der Waals surface area contributed by atoms with Gasteiger partial charge in [0, 0.05) is 11.1 Å². The molecule has 2 N–H and O–H groups in total. The van der Waals surface area contributed by atoms with E-state index in [0.717, 1.165) is 24.4 Å². The highest BCUT2D eigenvalue weighted by Gasteiger charge is 2.54. The van der Waals surface area contributed by atoms with Crippen molar-refractivity contribution in [2.24, 2.45) is 23.7 Å². The molecule has 130 valence electrons. The summed E-state index contributed by atoms with van der Waals surface area (Å²) in [7, 11) is 0. The van der Waals surface area contributed by atoms with Crippen molar-refractivity contribution in [3.63, 3.8) is 0 Å². The van der Waals surface area contributed by atoms with Gasteiger partial charge in [-0.05, 0) is 66.5 Å². The first-order chi connectivity index (χ1) is 11.5. The van der Waals surface area contributed by atoms with Crippen LogP contribution in [0.4, 0.5) is 5.69 Å². The number of hydrogen-bond acceptors (Lipinski definition) is 2. The lowest BCUT2D eigenvalue weighted by atomic mass is 9.65. The molecule has 4 rings (SSSR count). The van der Waals surface area contributed by atoms with Crippen LogP contribution in [-0.2, 0) is 0 Å². The second-order valence-corrected chi connectivity index (χ2v) is 8.34. The molecule has 1 aliphatic heterocycles. The minimum absolute atomic E-state index is 0.342. The number of benzene rings is 1. The summed E-state index contributed by atoms with van der Waals surface area (Å²) in [4.78, 5) is 11.8. The lowest BCUT2D eigenvalue weighted by molar-refractivity contribution is 0.0697. The highest BCUT2D eigenvalue weighted by Crippen LogP contribution is 2.62. The van der Waals surface area contributed by atoms with Crippen LogP contribution in [0.1, 0.15) is 67.8 Å². The topological polar surface area (TPSA) is 49.3 Å². The average molecular weight is 348 g/mol. The Bertz CT molecular complexity index is 670. The van der Waals surface area contributed by atoms with Gasteiger partial charge in [-0.1, -0.05) is 38.3 Å². The molecular weight excluding hydrogens is 322 g/mol. The first-order valence-corrected chi connectivity index (χ1v) is 9.76. The van der Waals surface area contributed by atoms with Crippen molar-refractivity contribution in [3.8, 4) is 0 Å². The Morgan fingerprint density at radius 2 is 2.00 bits per heavy atom. The third-order valence-electron chi connectivity index (χ3n) is 6.99. The van der Waals surface area contributed by atoms with E-state index in [2.05, 4.69) is 19.2 Å². The van der Waals surface area contributed by atoms with E-state index >= 15 is 0 Å². The summed E-state index contributed by atoms with van der Waals surface area (Å²) in [5, 5.41) is 13.9. The van der Waals surface area contributed by atoms with E-state index in [1.807, 2.05) is 6.07 Å². The highest BCUT2D eigenvalue weighted by atomic mass is 35.5. The molecule has 24 heavy (non-hydrogen) atoms. The molecule has 1 aromatic rings. The smallest absolute Gasteiger partial charge is 0.337 e. The number of aromatic carboxylic acids is 1. The van der Waals surface area contributed by atoms with Crippen molar-refractivity contribution in [3.05, 3.63) is 28.3 Å². The molecule has 0 amide bonds. The summed E-state index contributed by atoms with van der Waals surface area (Å²) in [6, 6.07) is 4.03. The number of nitrogens with one attached hydrogen (secondary N) is 1. The van der Waals surface area contributed by atoms with Crippen molar-refractivity contribution in [1.29, 1.82) is 0 Å². The second kappa shape index (κ2) is 5.94. The van der Waals surface area contributed by atoms with Gasteiger partial charge in [0.25, 0.3) is 0 Å². The maximum atomic E-state index is 11.8. The summed E-state index contributed by atoms with van der Waals surface area (Å²) in [5.74, 6) is 2.34. The Labute approximate surface area is 148 Å². The predicted molar refractivity (Wildman–Crippen MR) is 97.0 cm³/mol. The number of hydrogen-bond donors (Lipinski definition) is 2. The molecule has 0 radical (unpaired) electrons. The largest absolute Gasteiger partial charge is 0.478 e. The molecule has 0 aromatic heterocycles. The molecule has 0 spiro atoms. The molecule has 1 aromatic carbocycles. The molecule has 2 bridgehead atoms. The van der Waals surface area contributed by atoms with E-state index in [-0.39, 0.29) is 0 Å². The van der Waals surface area contributed by atoms with Gasteiger partial charge in [-0.15, -0.1) is 0 Å². The molecule has 4 heteroatoms. The van der Waals surface area contributed by atoms with Crippen molar-refractivity contribution in [1.82, 2.24) is 0 Å². The fourth-order valence-corrected chi connectivity index (χ4v) is 6.25. The van der Waals surface area contributed by atoms with E-state index in [1.54, 1.807) is 6.07 Å². The molecule has 0 saturated heterocycles. The molecule has 5 atom stereocenters. The zero-order valence-electron chi connectivity index (χ0n) is 14.4. The number of carboxylic acids is 1. The number of rotatable bonds is 4. The Kier molecular flexibility index (Phi) is 4.03. The quantitative estimate of drug-likeness (QED) is 0.766. The standard InChI is InChI=1S/C20H26ClNO2/c1-3-10(4-2)18-17-12-6-5-11(7-12)16(17)14-8-13(21)9-15(20(23)24)19(14)22-18/h8-12,16-18,22H,3-7H2,1-2H3,(H,23,24)/t11-,12-,16+,17+,18-/m0/s1. The molecule has 3 nitrogen and oxygen atoms in total. The zero-order chi connectivity index (χ0) is 17.0. The summed E-state index contributed by atoms with van der Waals surface area (Å²) in [6.07, 6.45) is 6.21. The minimum Gasteiger partial charge on any atom is -0.478 e. The number of carbonyl (C=O) groups is 1. The summed E-state index contributed by atoms with van der Waals surface area (Å²) in [6.45, 7) is 4.51. The third kappa shape index (κ3) is 2.28. The first-order valence-electron chi connectivity index (χ1n) is 9.38. The Hall–Kier alpha value is -1.22. The monoisotopic (exact) mass is 347 g/mol. The number of halogens is 1. The van der Waals surface area contributed by atoms with Gasteiger partial charge in [0.1, 0.15) is 0 Å². The summed E-state index contributed by atoms with van der Waals surface area (Å²) in [5.41, 5.74) is 2.35. The van der Waals surface area contributed by atoms with E-state index < -0.39 is 5.97 Å². The normalized spacial score (nSPS) is 33.2. The fraction of sp³-hybridized carbons (Fsp3) is 0.650.